The second-order valence-electron chi connectivity index (χ2n) is 9.46. The molecule has 2 amide bonds. The molecule has 12 heteroatoms. The number of thiophene rings is 1. The van der Waals surface area contributed by atoms with Crippen molar-refractivity contribution < 1.29 is 38.1 Å². The van der Waals surface area contributed by atoms with Crippen LogP contribution in [0.25, 0.3) is 0 Å². The fraction of sp³-hybridized carbons (Fsp3) is 0.300. The lowest BCUT2D eigenvalue weighted by atomic mass is 9.88. The Bertz CT molecular complexity index is 1510. The van der Waals surface area contributed by atoms with Crippen molar-refractivity contribution in [2.24, 2.45) is 11.0 Å². The Morgan fingerprint density at radius 1 is 1.00 bits per heavy atom. The van der Waals surface area contributed by atoms with Crippen LogP contribution >= 0.6 is 11.3 Å². The van der Waals surface area contributed by atoms with Crippen LogP contribution in [-0.4, -0.2) is 50.8 Å². The normalized spacial score (nSPS) is 14.0. The van der Waals surface area contributed by atoms with Crippen molar-refractivity contribution in [2.75, 3.05) is 26.1 Å². The molecule has 0 saturated carbocycles. The number of hydrogen-bond acceptors (Lipinski definition) is 10. The van der Waals surface area contributed by atoms with E-state index in [-0.39, 0.29) is 12.2 Å². The largest absolute Gasteiger partial charge is 0.493 e. The first-order chi connectivity index (χ1) is 20.2. The predicted molar refractivity (Wildman–Crippen MR) is 157 cm³/mol. The molecule has 4 rings (SSSR count). The molecule has 42 heavy (non-hydrogen) atoms. The van der Waals surface area contributed by atoms with Gasteiger partial charge in [-0.25, -0.2) is 15.0 Å². The third kappa shape index (κ3) is 7.13. The van der Waals surface area contributed by atoms with Crippen LogP contribution in [0.2, 0.25) is 0 Å². The number of amides is 2. The number of hydrogen-bond donors (Lipinski definition) is 2. The summed E-state index contributed by atoms with van der Waals surface area (Å²) >= 11 is 1.29. The summed E-state index contributed by atoms with van der Waals surface area (Å²) in [5.74, 6) is -1.41. The van der Waals surface area contributed by atoms with Gasteiger partial charge in [-0.15, -0.1) is 11.3 Å². The third-order valence-electron chi connectivity index (χ3n) is 6.51. The Morgan fingerprint density at radius 3 is 2.43 bits per heavy atom. The number of rotatable bonds is 9. The molecule has 2 aromatic carbocycles. The molecule has 1 heterocycles. The van der Waals surface area contributed by atoms with Gasteiger partial charge < -0.3 is 24.3 Å². The molecular weight excluding hydrogens is 562 g/mol. The van der Waals surface area contributed by atoms with E-state index in [0.29, 0.717) is 45.7 Å². The highest BCUT2D eigenvalue weighted by Crippen LogP contribution is 2.40. The maximum Gasteiger partial charge on any atom is 0.343 e. The van der Waals surface area contributed by atoms with Crippen molar-refractivity contribution in [2.45, 2.75) is 33.1 Å². The van der Waals surface area contributed by atoms with Gasteiger partial charge in [0.2, 0.25) is 0 Å². The van der Waals surface area contributed by atoms with Crippen LogP contribution in [0.4, 0.5) is 5.00 Å². The number of methoxy groups -OCH3 is 2. The van der Waals surface area contributed by atoms with Gasteiger partial charge in [0.25, 0.3) is 0 Å². The van der Waals surface area contributed by atoms with E-state index in [9.17, 15) is 19.2 Å². The first-order valence-electron chi connectivity index (χ1n) is 13.2. The van der Waals surface area contributed by atoms with Crippen molar-refractivity contribution in [3.63, 3.8) is 0 Å². The molecule has 0 aliphatic heterocycles. The van der Waals surface area contributed by atoms with Crippen molar-refractivity contribution in [1.29, 1.82) is 0 Å². The highest BCUT2D eigenvalue weighted by atomic mass is 32.1. The van der Waals surface area contributed by atoms with E-state index in [2.05, 4.69) is 22.8 Å². The van der Waals surface area contributed by atoms with E-state index in [1.165, 1.54) is 37.8 Å². The monoisotopic (exact) mass is 593 g/mol. The molecule has 1 aliphatic carbocycles. The van der Waals surface area contributed by atoms with Crippen LogP contribution in [0.5, 0.6) is 17.2 Å². The first-order valence-corrected chi connectivity index (χ1v) is 14.1. The van der Waals surface area contributed by atoms with Crippen LogP contribution < -0.4 is 25.0 Å². The Labute approximate surface area is 246 Å². The molecule has 11 nitrogen and oxygen atoms in total. The predicted octanol–water partition coefficient (Wildman–Crippen LogP) is 4.37. The van der Waals surface area contributed by atoms with Crippen molar-refractivity contribution in [1.82, 2.24) is 5.43 Å². The summed E-state index contributed by atoms with van der Waals surface area (Å²) in [5.41, 5.74) is 4.24. The second-order valence-corrected chi connectivity index (χ2v) is 10.6. The van der Waals surface area contributed by atoms with E-state index in [4.69, 9.17) is 18.9 Å². The Morgan fingerprint density at radius 2 is 1.74 bits per heavy atom. The van der Waals surface area contributed by atoms with E-state index < -0.39 is 23.8 Å². The minimum Gasteiger partial charge on any atom is -0.493 e. The van der Waals surface area contributed by atoms with Crippen molar-refractivity contribution in [3.8, 4) is 17.2 Å². The van der Waals surface area contributed by atoms with Crippen LogP contribution in [0.15, 0.2) is 47.6 Å². The number of carbonyl (C=O) groups is 4. The number of benzene rings is 2. The minimum absolute atomic E-state index is 0.198. The Hall–Kier alpha value is -4.71. The highest BCUT2D eigenvalue weighted by molar-refractivity contribution is 7.17. The molecule has 0 unspecified atom stereocenters. The molecule has 3 aromatic rings. The number of anilines is 1. The van der Waals surface area contributed by atoms with Crippen LogP contribution in [0.1, 0.15) is 57.0 Å². The molecule has 0 spiro atoms. The minimum atomic E-state index is -0.999. The number of ether oxygens (including phenoxy) is 4. The second kappa shape index (κ2) is 13.8. The summed E-state index contributed by atoms with van der Waals surface area (Å²) in [6, 6.07) is 11.1. The lowest BCUT2D eigenvalue weighted by molar-refractivity contribution is -0.136. The van der Waals surface area contributed by atoms with Crippen molar-refractivity contribution >= 4 is 46.3 Å². The lowest BCUT2D eigenvalue weighted by Crippen LogP contribution is -2.32. The molecule has 220 valence electrons. The van der Waals surface area contributed by atoms with Crippen LogP contribution in [-0.2, 0) is 27.2 Å². The summed E-state index contributed by atoms with van der Waals surface area (Å²) < 4.78 is 21.0. The maximum atomic E-state index is 12.6. The molecule has 2 N–H and O–H groups in total. The smallest absolute Gasteiger partial charge is 0.343 e. The average molecular weight is 594 g/mol. The summed E-state index contributed by atoms with van der Waals surface area (Å²) in [7, 11) is 2.97. The summed E-state index contributed by atoms with van der Waals surface area (Å²) in [6.07, 6.45) is 3.77. The molecule has 0 bridgehead atoms. The van der Waals surface area contributed by atoms with Gasteiger partial charge in [-0.1, -0.05) is 6.92 Å². The topological polar surface area (TPSA) is 142 Å². The highest BCUT2D eigenvalue weighted by Gasteiger charge is 2.30. The van der Waals surface area contributed by atoms with Gasteiger partial charge >= 0.3 is 23.8 Å². The van der Waals surface area contributed by atoms with Crippen molar-refractivity contribution in [3.05, 3.63) is 69.6 Å². The van der Waals surface area contributed by atoms with Gasteiger partial charge in [-0.3, -0.25) is 9.59 Å². The number of carbonyl (C=O) groups excluding carboxylic acids is 4. The zero-order chi connectivity index (χ0) is 30.2. The van der Waals surface area contributed by atoms with E-state index >= 15 is 0 Å². The zero-order valence-electron chi connectivity index (χ0n) is 23.6. The first kappa shape index (κ1) is 30.3. The summed E-state index contributed by atoms with van der Waals surface area (Å²) in [5, 5.41) is 6.69. The van der Waals surface area contributed by atoms with Gasteiger partial charge in [-0.2, -0.15) is 5.10 Å². The third-order valence-corrected chi connectivity index (χ3v) is 7.68. The fourth-order valence-electron chi connectivity index (χ4n) is 4.39. The standard InChI is InChI=1S/C30H31N3O8S/c1-5-40-30(37)25-21-12-6-17(2)14-24(21)42-28(25)32-26(34)27(35)33-31-16-18-7-10-20(11-8-18)41-29(36)19-9-13-22(38-3)23(15-19)39-4/h7-11,13,15-17H,5-6,12,14H2,1-4H3,(H,32,34)(H,33,35)/b31-16-/t17-/m0/s1. The van der Waals surface area contributed by atoms with E-state index in [0.717, 1.165) is 23.3 Å². The van der Waals surface area contributed by atoms with Gasteiger partial charge in [0, 0.05) is 4.88 Å². The van der Waals surface area contributed by atoms with Gasteiger partial charge in [0.15, 0.2) is 11.5 Å². The Kier molecular flexibility index (Phi) is 9.92. The number of esters is 2. The molecule has 0 saturated heterocycles. The maximum absolute atomic E-state index is 12.6. The molecule has 0 radical (unpaired) electrons. The molecule has 0 fully saturated rings. The van der Waals surface area contributed by atoms with Crippen LogP contribution in [0.3, 0.4) is 0 Å². The molecule has 1 aliphatic rings. The zero-order valence-corrected chi connectivity index (χ0v) is 24.5. The lowest BCUT2D eigenvalue weighted by Gasteiger charge is -2.18. The van der Waals surface area contributed by atoms with Gasteiger partial charge in [0.1, 0.15) is 10.8 Å². The molecule has 1 atom stereocenters. The quantitative estimate of drug-likeness (QED) is 0.122. The molecular formula is C30H31N3O8S. The SMILES string of the molecule is CCOC(=O)c1c(NC(=O)C(=O)N/N=C\c2ccc(OC(=O)c3ccc(OC)c(OC)c3)cc2)sc2c1CC[C@H](C)C2. The summed E-state index contributed by atoms with van der Waals surface area (Å²) in [4.78, 5) is 51.2. The average Bonchev–Trinajstić information content (AvgIpc) is 3.34. The number of hydrazone groups is 1. The number of fused-ring (bicyclic) bond motifs is 1. The number of nitrogens with one attached hydrogen (secondary N) is 2. The fourth-order valence-corrected chi connectivity index (χ4v) is 5.78. The van der Waals surface area contributed by atoms with E-state index in [1.54, 1.807) is 43.3 Å². The molecule has 1 aromatic heterocycles. The summed E-state index contributed by atoms with van der Waals surface area (Å²) in [6.45, 7) is 4.04. The van der Waals surface area contributed by atoms with Gasteiger partial charge in [0.05, 0.1) is 38.2 Å². The van der Waals surface area contributed by atoms with Crippen LogP contribution in [0, 0.1) is 5.92 Å². The number of nitrogens with zero attached hydrogens (tertiary/aromatic N) is 1. The van der Waals surface area contributed by atoms with Gasteiger partial charge in [-0.05, 0) is 85.7 Å². The Balaban J connectivity index is 1.34. The van der Waals surface area contributed by atoms with E-state index in [1.807, 2.05) is 0 Å².